The fraction of sp³-hybridized carbons (Fsp3) is 0.400. The van der Waals surface area contributed by atoms with E-state index in [4.69, 9.17) is 5.26 Å². The van der Waals surface area contributed by atoms with Gasteiger partial charge in [0.05, 0.1) is 0 Å². The molecule has 2 unspecified atom stereocenters. The summed E-state index contributed by atoms with van der Waals surface area (Å²) in [7, 11) is -1.43. The topological polar surface area (TPSA) is 62.8 Å². The number of hydrogen-bond donors (Lipinski definition) is 0. The Bertz CT molecular complexity index is 495. The van der Waals surface area contributed by atoms with Crippen molar-refractivity contribution in [2.24, 2.45) is 0 Å². The Hall–Kier alpha value is -0.970. The van der Waals surface area contributed by atoms with Crippen molar-refractivity contribution in [1.82, 2.24) is 4.98 Å². The first-order valence-corrected chi connectivity index (χ1v) is 7.47. The summed E-state index contributed by atoms with van der Waals surface area (Å²) >= 11 is 1.21. The molecule has 1 heterocycles. The highest BCUT2D eigenvalue weighted by Crippen LogP contribution is 2.22. The first kappa shape index (κ1) is 14.1. The Morgan fingerprint density at radius 1 is 1.71 bits per heavy atom. The molecule has 2 atom stereocenters. The molecule has 92 valence electrons. The molecule has 0 aliphatic rings. The highest BCUT2D eigenvalue weighted by Gasteiger charge is 2.17. The molecular weight excluding hydrogens is 261 g/mol. The van der Waals surface area contributed by atoms with Crippen LogP contribution < -0.4 is 0 Å². The van der Waals surface area contributed by atoms with Gasteiger partial charge < -0.3 is 4.55 Å². The molecule has 0 radical (unpaired) electrons. The molecule has 7 heteroatoms. The third-order valence-corrected chi connectivity index (χ3v) is 3.87. The summed E-state index contributed by atoms with van der Waals surface area (Å²) in [5.74, 6) is -0.429. The Morgan fingerprint density at radius 3 is 2.76 bits per heavy atom. The molecule has 1 rings (SSSR count). The van der Waals surface area contributed by atoms with Gasteiger partial charge in [-0.3, -0.25) is 0 Å². The zero-order valence-corrected chi connectivity index (χ0v) is 11.3. The molecule has 0 saturated heterocycles. The summed E-state index contributed by atoms with van der Waals surface area (Å²) in [4.78, 5) is 3.95. The van der Waals surface area contributed by atoms with E-state index in [0.29, 0.717) is 10.6 Å². The lowest BCUT2D eigenvalue weighted by molar-refractivity contribution is -0.463. The predicted octanol–water partition coefficient (Wildman–Crippen LogP) is 2.06. The van der Waals surface area contributed by atoms with Gasteiger partial charge in [0, 0.05) is 11.8 Å². The zero-order chi connectivity index (χ0) is 13.0. The summed E-state index contributed by atoms with van der Waals surface area (Å²) in [6.45, 7) is 1.68. The molecule has 0 N–H and O–H groups in total. The van der Waals surface area contributed by atoms with Gasteiger partial charge in [-0.2, -0.15) is 3.95 Å². The van der Waals surface area contributed by atoms with Crippen LogP contribution in [0, 0.1) is 17.3 Å². The van der Waals surface area contributed by atoms with Crippen LogP contribution in [0.1, 0.15) is 18.5 Å². The van der Waals surface area contributed by atoms with Crippen LogP contribution in [0.25, 0.3) is 0 Å². The minimum atomic E-state index is -1.43. The molecule has 4 nitrogen and oxygen atoms in total. The molecular formula is C10H12FN3OS2. The molecule has 0 saturated carbocycles. The quantitative estimate of drug-likeness (QED) is 0.366. The maximum Gasteiger partial charge on any atom is 0.465 e. The molecule has 0 bridgehead atoms. The second kappa shape index (κ2) is 6.10. The lowest BCUT2D eigenvalue weighted by atomic mass is 10.1. The number of rotatable bonds is 3. The van der Waals surface area contributed by atoms with E-state index in [9.17, 15) is 8.94 Å². The van der Waals surface area contributed by atoms with E-state index in [1.807, 2.05) is 6.19 Å². The molecule has 0 fully saturated rings. The van der Waals surface area contributed by atoms with Gasteiger partial charge in [-0.05, 0) is 25.5 Å². The zero-order valence-electron chi connectivity index (χ0n) is 9.68. The monoisotopic (exact) mass is 273 g/mol. The molecule has 1 aromatic heterocycles. The van der Waals surface area contributed by atoms with E-state index >= 15 is 0 Å². The molecule has 0 aromatic carbocycles. The van der Waals surface area contributed by atoms with E-state index in [0.717, 1.165) is 3.95 Å². The van der Waals surface area contributed by atoms with Crippen LogP contribution in [0.5, 0.6) is 0 Å². The lowest BCUT2D eigenvalue weighted by Crippen LogP contribution is -2.15. The third kappa shape index (κ3) is 3.25. The second-order valence-corrected chi connectivity index (χ2v) is 5.32. The normalized spacial score (nSPS) is 14.9. The van der Waals surface area contributed by atoms with Crippen LogP contribution >= 0.6 is 11.8 Å². The summed E-state index contributed by atoms with van der Waals surface area (Å²) in [5, 5.41) is 9.17. The Kier molecular flexibility index (Phi) is 5.05. The van der Waals surface area contributed by atoms with E-state index in [1.54, 1.807) is 13.2 Å². The average Bonchev–Trinajstić information content (AvgIpc) is 2.29. The number of halogens is 1. The molecule has 1 aromatic rings. The number of nitrogens with zero attached hydrogens (tertiary/aromatic N) is 3. The van der Waals surface area contributed by atoms with Gasteiger partial charge in [-0.1, -0.05) is 0 Å². The van der Waals surface area contributed by atoms with Crippen molar-refractivity contribution in [2.75, 3.05) is 12.5 Å². The Labute approximate surface area is 106 Å². The van der Waals surface area contributed by atoms with Gasteiger partial charge in [0.25, 0.3) is 0 Å². The number of pyridine rings is 1. The van der Waals surface area contributed by atoms with Crippen molar-refractivity contribution < 1.29 is 12.9 Å². The summed E-state index contributed by atoms with van der Waals surface area (Å²) in [6.07, 6.45) is 6.46. The van der Waals surface area contributed by atoms with Gasteiger partial charge in [0.1, 0.15) is 11.1 Å². The first-order valence-electron chi connectivity index (χ1n) is 4.73. The smallest absolute Gasteiger partial charge is 0.465 e. The van der Waals surface area contributed by atoms with Crippen LogP contribution in [0.15, 0.2) is 17.3 Å². The van der Waals surface area contributed by atoms with E-state index in [-0.39, 0.29) is 0 Å². The molecule has 0 aliphatic heterocycles. The number of nitriles is 1. The van der Waals surface area contributed by atoms with Crippen LogP contribution in [-0.4, -0.2) is 26.0 Å². The summed E-state index contributed by atoms with van der Waals surface area (Å²) in [6, 6.07) is 0.851. The van der Waals surface area contributed by atoms with Crippen LogP contribution in [0.2, 0.25) is 0 Å². The minimum absolute atomic E-state index is 0.307. The van der Waals surface area contributed by atoms with Gasteiger partial charge in [0.15, 0.2) is 11.1 Å². The van der Waals surface area contributed by atoms with Crippen molar-refractivity contribution in [2.45, 2.75) is 18.0 Å². The first-order chi connectivity index (χ1) is 8.01. The highest BCUT2D eigenvalue weighted by atomic mass is 32.2. The van der Waals surface area contributed by atoms with Crippen LogP contribution in [0.4, 0.5) is 4.39 Å². The Morgan fingerprint density at radius 2 is 2.35 bits per heavy atom. The molecule has 0 amide bonds. The summed E-state index contributed by atoms with van der Waals surface area (Å²) in [5.41, 5.74) is 0.525. The lowest BCUT2D eigenvalue weighted by Gasteiger charge is -2.14. The third-order valence-electron chi connectivity index (χ3n) is 2.23. The predicted molar refractivity (Wildman–Crippen MR) is 64.3 cm³/mol. The van der Waals surface area contributed by atoms with E-state index in [1.165, 1.54) is 30.3 Å². The number of hydrogen-bond acceptors (Lipinski definition) is 4. The number of aromatic nitrogens is 1. The fourth-order valence-electron chi connectivity index (χ4n) is 1.32. The van der Waals surface area contributed by atoms with Crippen molar-refractivity contribution in [3.8, 4) is 6.19 Å². The summed E-state index contributed by atoms with van der Waals surface area (Å²) < 4.78 is 25.9. The SMILES string of the molecule is CSc1ncc(C(C)[N+](C#N)=S(C)[O-])cc1F. The van der Waals surface area contributed by atoms with Gasteiger partial charge in [0.2, 0.25) is 0 Å². The van der Waals surface area contributed by atoms with E-state index in [2.05, 4.69) is 4.98 Å². The maximum absolute atomic E-state index is 13.5. The van der Waals surface area contributed by atoms with Crippen molar-refractivity contribution >= 4 is 22.7 Å². The van der Waals surface area contributed by atoms with Gasteiger partial charge >= 0.3 is 6.19 Å². The largest absolute Gasteiger partial charge is 0.772 e. The van der Waals surface area contributed by atoms with Gasteiger partial charge in [-0.25, -0.2) is 9.37 Å². The highest BCUT2D eigenvalue weighted by molar-refractivity contribution is 7.98. The fourth-order valence-corrected chi connectivity index (χ4v) is 2.42. The molecule has 17 heavy (non-hydrogen) atoms. The Balaban J connectivity index is 3.15. The standard InChI is InChI=1S/C10H12FN3OS2/c1-7(14(6-12)17(3)15)8-4-9(11)10(16-2)13-5-8/h4-5,7H,1-3H3. The van der Waals surface area contributed by atoms with Gasteiger partial charge in [-0.15, -0.1) is 22.7 Å². The maximum atomic E-state index is 13.5. The second-order valence-electron chi connectivity index (χ2n) is 3.29. The number of thioether (sulfide) groups is 1. The average molecular weight is 273 g/mol. The van der Waals surface area contributed by atoms with E-state index < -0.39 is 22.8 Å². The van der Waals surface area contributed by atoms with Crippen LogP contribution in [-0.2, 0) is 11.0 Å². The molecule has 0 aliphatic carbocycles. The molecule has 0 spiro atoms. The van der Waals surface area contributed by atoms with Crippen molar-refractivity contribution in [3.05, 3.63) is 23.6 Å². The minimum Gasteiger partial charge on any atom is -0.772 e. The van der Waals surface area contributed by atoms with Crippen molar-refractivity contribution in [3.63, 3.8) is 0 Å². The van der Waals surface area contributed by atoms with Crippen LogP contribution in [0.3, 0.4) is 0 Å². The van der Waals surface area contributed by atoms with Crippen molar-refractivity contribution in [1.29, 1.82) is 5.26 Å².